The molecule has 0 aromatic heterocycles. The van der Waals surface area contributed by atoms with Crippen molar-refractivity contribution >= 4 is 13.7 Å². The van der Waals surface area contributed by atoms with E-state index in [-0.39, 0.29) is 19.1 Å². The van der Waals surface area contributed by atoms with E-state index in [9.17, 15) is 19.4 Å². The maximum atomic E-state index is 13.0. The first kappa shape index (κ1) is 76.7. The summed E-state index contributed by atoms with van der Waals surface area (Å²) >= 11 is 0. The van der Waals surface area contributed by atoms with Crippen molar-refractivity contribution in [3.05, 3.63) is 85.1 Å². The molecule has 9 heteroatoms. The molecule has 1 amide bonds. The fraction of sp³-hybridized carbons (Fsp3) is 0.786. The number of phosphoric ester groups is 1. The molecule has 0 aliphatic rings. The Morgan fingerprint density at radius 3 is 1.13 bits per heavy atom. The number of amides is 1. The third-order valence-corrected chi connectivity index (χ3v) is 15.8. The summed E-state index contributed by atoms with van der Waals surface area (Å²) in [4.78, 5) is 25.6. The van der Waals surface area contributed by atoms with E-state index in [0.29, 0.717) is 17.4 Å². The molecule has 0 heterocycles. The lowest BCUT2D eigenvalue weighted by Gasteiger charge is -2.29. The van der Waals surface area contributed by atoms with Gasteiger partial charge in [0.05, 0.1) is 39.9 Å². The zero-order valence-corrected chi connectivity index (χ0v) is 53.5. The molecule has 0 bridgehead atoms. The minimum atomic E-state index is -4.60. The number of hydrogen-bond donors (Lipinski definition) is 2. The van der Waals surface area contributed by atoms with Gasteiger partial charge in [0, 0.05) is 6.42 Å². The number of aliphatic hydroxyl groups excluding tert-OH is 1. The van der Waals surface area contributed by atoms with Gasteiger partial charge in [-0.05, 0) is 70.6 Å². The molecule has 0 rings (SSSR count). The molecule has 0 saturated heterocycles. The number of unbranched alkanes of at least 4 members (excludes halogenated alkanes) is 36. The van der Waals surface area contributed by atoms with Crippen molar-refractivity contribution in [1.29, 1.82) is 0 Å². The first-order valence-corrected chi connectivity index (χ1v) is 34.9. The topological polar surface area (TPSA) is 108 Å². The first-order valence-electron chi connectivity index (χ1n) is 33.4. The molecule has 0 aliphatic heterocycles. The van der Waals surface area contributed by atoms with Crippen LogP contribution in [-0.2, 0) is 18.4 Å². The van der Waals surface area contributed by atoms with E-state index in [0.717, 1.165) is 77.0 Å². The Morgan fingerprint density at radius 1 is 0.456 bits per heavy atom. The molecule has 79 heavy (non-hydrogen) atoms. The van der Waals surface area contributed by atoms with Gasteiger partial charge >= 0.3 is 0 Å². The van der Waals surface area contributed by atoms with Gasteiger partial charge in [-0.15, -0.1) is 0 Å². The fourth-order valence-corrected chi connectivity index (χ4v) is 10.4. The highest BCUT2D eigenvalue weighted by Gasteiger charge is 2.23. The molecule has 8 nitrogen and oxygen atoms in total. The van der Waals surface area contributed by atoms with Crippen LogP contribution >= 0.6 is 7.82 Å². The van der Waals surface area contributed by atoms with Crippen molar-refractivity contribution in [3.8, 4) is 0 Å². The molecule has 0 aliphatic carbocycles. The van der Waals surface area contributed by atoms with Crippen LogP contribution in [0.1, 0.15) is 303 Å². The van der Waals surface area contributed by atoms with Gasteiger partial charge in [0.1, 0.15) is 13.2 Å². The molecule has 3 atom stereocenters. The number of allylic oxidation sites excluding steroid dienone is 13. The molecular formula is C70H129N2O6P. The normalized spacial score (nSPS) is 14.3. The molecule has 460 valence electrons. The lowest BCUT2D eigenvalue weighted by molar-refractivity contribution is -0.870. The van der Waals surface area contributed by atoms with Gasteiger partial charge in [-0.3, -0.25) is 9.36 Å². The van der Waals surface area contributed by atoms with Crippen LogP contribution in [0.3, 0.4) is 0 Å². The predicted octanol–water partition coefficient (Wildman–Crippen LogP) is 20.5. The van der Waals surface area contributed by atoms with Crippen LogP contribution in [0.2, 0.25) is 0 Å². The largest absolute Gasteiger partial charge is 0.756 e. The number of carbonyl (C=O) groups excluding carboxylic acids is 1. The lowest BCUT2D eigenvalue weighted by atomic mass is 10.0. The van der Waals surface area contributed by atoms with E-state index in [2.05, 4.69) is 92.1 Å². The third kappa shape index (κ3) is 63.1. The Morgan fingerprint density at radius 2 is 0.772 bits per heavy atom. The number of nitrogens with zero attached hydrogens (tertiary/aromatic N) is 1. The minimum absolute atomic E-state index is 0.00133. The molecule has 0 fully saturated rings. The Labute approximate surface area is 490 Å². The Kier molecular flexibility index (Phi) is 58.5. The quantitative estimate of drug-likeness (QED) is 0.0272. The first-order chi connectivity index (χ1) is 38.5. The summed E-state index contributed by atoms with van der Waals surface area (Å²) in [6, 6.07) is -0.888. The van der Waals surface area contributed by atoms with Crippen LogP contribution in [-0.4, -0.2) is 68.5 Å². The smallest absolute Gasteiger partial charge is 0.268 e. The van der Waals surface area contributed by atoms with Crippen LogP contribution < -0.4 is 10.2 Å². The summed E-state index contributed by atoms with van der Waals surface area (Å²) in [5, 5.41) is 13.9. The van der Waals surface area contributed by atoms with Gasteiger partial charge in [-0.25, -0.2) is 0 Å². The van der Waals surface area contributed by atoms with Gasteiger partial charge in [-0.2, -0.15) is 0 Å². The van der Waals surface area contributed by atoms with Gasteiger partial charge in [-0.1, -0.05) is 311 Å². The van der Waals surface area contributed by atoms with Crippen LogP contribution in [0.15, 0.2) is 85.1 Å². The summed E-state index contributed by atoms with van der Waals surface area (Å²) in [5.41, 5.74) is 0. The maximum absolute atomic E-state index is 13.0. The summed E-state index contributed by atoms with van der Waals surface area (Å²) < 4.78 is 23.4. The highest BCUT2D eigenvalue weighted by Crippen LogP contribution is 2.38. The van der Waals surface area contributed by atoms with Crippen molar-refractivity contribution in [3.63, 3.8) is 0 Å². The third-order valence-electron chi connectivity index (χ3n) is 14.9. The van der Waals surface area contributed by atoms with Crippen LogP contribution in [0, 0.1) is 0 Å². The van der Waals surface area contributed by atoms with E-state index in [1.54, 1.807) is 6.08 Å². The van der Waals surface area contributed by atoms with Crippen molar-refractivity contribution in [2.45, 2.75) is 315 Å². The molecule has 3 unspecified atom stereocenters. The lowest BCUT2D eigenvalue weighted by Crippen LogP contribution is -2.45. The minimum Gasteiger partial charge on any atom is -0.756 e. The number of aliphatic hydroxyl groups is 1. The number of nitrogens with one attached hydrogen (secondary N) is 1. The van der Waals surface area contributed by atoms with E-state index in [1.807, 2.05) is 27.2 Å². The average Bonchev–Trinajstić information content (AvgIpc) is 3.42. The van der Waals surface area contributed by atoms with E-state index < -0.39 is 20.0 Å². The fourth-order valence-electron chi connectivity index (χ4n) is 9.69. The van der Waals surface area contributed by atoms with Crippen LogP contribution in [0.5, 0.6) is 0 Å². The van der Waals surface area contributed by atoms with E-state index in [1.165, 1.54) is 205 Å². The van der Waals surface area contributed by atoms with Crippen LogP contribution in [0.4, 0.5) is 0 Å². The molecule has 0 saturated carbocycles. The number of rotatable bonds is 61. The number of likely N-dealkylation sites (N-methyl/N-ethyl adjacent to an activating group) is 1. The number of quaternary nitrogens is 1. The standard InChI is InChI=1S/C70H129N2O6P/c1-6-8-10-12-14-16-18-20-22-24-26-27-28-29-30-31-32-33-34-35-36-37-38-39-40-41-42-43-44-45-46-48-50-52-54-56-58-60-62-64-70(74)71-68(67-78-79(75,76)77-66-65-72(3,4)5)69(73)63-61-59-57-55-53-51-49-47-25-23-21-19-17-15-13-11-9-7-2/h8,10,14,16,20,22,26-27,29-30,32-33,61,63,68-69,73H,6-7,9,11-13,15,17-19,21,23-25,28,31,34-60,62,64-67H2,1-5H3,(H-,71,74,75,76)/b10-8-,16-14-,22-20-,27-26-,30-29-,33-32-,63-61+. The molecule has 0 radical (unpaired) electrons. The van der Waals surface area contributed by atoms with Crippen molar-refractivity contribution in [2.75, 3.05) is 40.9 Å². The van der Waals surface area contributed by atoms with Gasteiger partial charge in [0.15, 0.2) is 0 Å². The zero-order chi connectivity index (χ0) is 57.7. The van der Waals surface area contributed by atoms with Gasteiger partial charge in [0.25, 0.3) is 7.82 Å². The number of hydrogen-bond acceptors (Lipinski definition) is 6. The number of carbonyl (C=O) groups is 1. The highest BCUT2D eigenvalue weighted by atomic mass is 31.2. The average molecular weight is 1130 g/mol. The summed E-state index contributed by atoms with van der Waals surface area (Å²) in [6.45, 7) is 4.56. The van der Waals surface area contributed by atoms with Crippen molar-refractivity contribution < 1.29 is 32.9 Å². The Bertz CT molecular complexity index is 1560. The van der Waals surface area contributed by atoms with Gasteiger partial charge < -0.3 is 28.8 Å². The summed E-state index contributed by atoms with van der Waals surface area (Å²) in [5.74, 6) is -0.194. The van der Waals surface area contributed by atoms with E-state index >= 15 is 0 Å². The SMILES string of the molecule is CC/C=C\C/C=C\C/C=C\C/C=C\C/C=C\C/C=C\CCCCCCCCCCCCCCCCCCCCCCC(=O)NC(COP(=O)([O-])OCC[N+](C)(C)C)C(O)/C=C/CCCCCCCCCCCCCCCCCC. The monoisotopic (exact) mass is 1120 g/mol. The molecule has 2 N–H and O–H groups in total. The van der Waals surface area contributed by atoms with Crippen molar-refractivity contribution in [2.24, 2.45) is 0 Å². The molecule has 0 aromatic rings. The second kappa shape index (κ2) is 60.3. The second-order valence-electron chi connectivity index (χ2n) is 23.8. The van der Waals surface area contributed by atoms with Crippen LogP contribution in [0.25, 0.3) is 0 Å². The second-order valence-corrected chi connectivity index (χ2v) is 25.2. The van der Waals surface area contributed by atoms with E-state index in [4.69, 9.17) is 9.05 Å². The van der Waals surface area contributed by atoms with Crippen molar-refractivity contribution in [1.82, 2.24) is 5.32 Å². The highest BCUT2D eigenvalue weighted by molar-refractivity contribution is 7.45. The molecule has 0 spiro atoms. The Hall–Kier alpha value is -2.32. The van der Waals surface area contributed by atoms with Gasteiger partial charge in [0.2, 0.25) is 5.91 Å². The zero-order valence-electron chi connectivity index (χ0n) is 52.6. The summed E-state index contributed by atoms with van der Waals surface area (Å²) in [6.07, 6.45) is 85.5. The Balaban J connectivity index is 3.98. The number of phosphoric acid groups is 1. The molecular weight excluding hydrogens is 996 g/mol. The predicted molar refractivity (Wildman–Crippen MR) is 343 cm³/mol. The molecule has 0 aromatic carbocycles. The summed E-state index contributed by atoms with van der Waals surface area (Å²) in [7, 11) is 1.27. The maximum Gasteiger partial charge on any atom is 0.268 e.